The number of thioether (sulfide) groups is 1. The average Bonchev–Trinajstić information content (AvgIpc) is 2.85. The number of carbonyl (C=O) groups excluding carboxylic acids is 1. The van der Waals surface area contributed by atoms with Gasteiger partial charge in [-0.2, -0.15) is 11.8 Å². The smallest absolute Gasteiger partial charge is 0.246 e. The lowest BCUT2D eigenvalue weighted by molar-refractivity contribution is -0.128. The van der Waals surface area contributed by atoms with Gasteiger partial charge in [0, 0.05) is 11.3 Å². The van der Waals surface area contributed by atoms with Gasteiger partial charge in [0.05, 0.1) is 6.10 Å². The summed E-state index contributed by atoms with van der Waals surface area (Å²) in [5.74, 6) is 0.0551. The molecule has 1 aliphatic carbocycles. The molecule has 1 saturated carbocycles. The Bertz CT molecular complexity index is 270. The fraction of sp³-hybridized carbons (Fsp3) is 0.923. The predicted molar refractivity (Wildman–Crippen MR) is 74.9 cm³/mol. The molecule has 2 rings (SSSR count). The van der Waals surface area contributed by atoms with Crippen LogP contribution in [0.3, 0.4) is 0 Å². The van der Waals surface area contributed by atoms with Gasteiger partial charge in [0.2, 0.25) is 5.91 Å². The Morgan fingerprint density at radius 1 is 1.33 bits per heavy atom. The number of amides is 1. The van der Waals surface area contributed by atoms with Crippen molar-refractivity contribution >= 4 is 17.7 Å². The van der Waals surface area contributed by atoms with Crippen molar-refractivity contribution in [1.82, 2.24) is 10.6 Å². The van der Waals surface area contributed by atoms with Crippen LogP contribution in [0.2, 0.25) is 0 Å². The Labute approximate surface area is 114 Å². The molecule has 2 N–H and O–H groups in total. The fourth-order valence-electron chi connectivity index (χ4n) is 2.78. The first-order chi connectivity index (χ1) is 8.79. The van der Waals surface area contributed by atoms with Crippen LogP contribution < -0.4 is 10.6 Å². The molecule has 1 amide bonds. The van der Waals surface area contributed by atoms with Gasteiger partial charge < -0.3 is 15.4 Å². The highest BCUT2D eigenvalue weighted by molar-refractivity contribution is 7.99. The van der Waals surface area contributed by atoms with E-state index in [1.807, 2.05) is 11.8 Å². The molecule has 2 fully saturated rings. The summed E-state index contributed by atoms with van der Waals surface area (Å²) in [5, 5.41) is 7.00. The van der Waals surface area contributed by atoms with Crippen molar-refractivity contribution in [3.8, 4) is 0 Å². The molecule has 18 heavy (non-hydrogen) atoms. The lowest BCUT2D eigenvalue weighted by Crippen LogP contribution is -2.42. The maximum Gasteiger partial charge on any atom is 0.246 e. The van der Waals surface area contributed by atoms with Crippen LogP contribution in [0.4, 0.5) is 0 Å². The van der Waals surface area contributed by atoms with Crippen molar-refractivity contribution in [2.75, 3.05) is 26.0 Å². The molecule has 5 heteroatoms. The third-order valence-electron chi connectivity index (χ3n) is 3.84. The van der Waals surface area contributed by atoms with Crippen molar-refractivity contribution < 1.29 is 9.53 Å². The molecule has 0 aromatic carbocycles. The Morgan fingerprint density at radius 3 is 2.83 bits per heavy atom. The van der Waals surface area contributed by atoms with Crippen molar-refractivity contribution in [2.45, 2.75) is 49.5 Å². The number of rotatable bonds is 5. The van der Waals surface area contributed by atoms with Crippen LogP contribution in [0, 0.1) is 0 Å². The SMILES string of the molecule is CSC1CCCC1NC(=O)COC1CCNCC1. The summed E-state index contributed by atoms with van der Waals surface area (Å²) in [4.78, 5) is 11.8. The number of carbonyl (C=O) groups is 1. The van der Waals surface area contributed by atoms with Crippen molar-refractivity contribution in [3.63, 3.8) is 0 Å². The molecule has 1 saturated heterocycles. The standard InChI is InChI=1S/C13H24N2O2S/c1-18-12-4-2-3-11(12)15-13(16)9-17-10-5-7-14-8-6-10/h10-12,14H,2-9H2,1H3,(H,15,16). The zero-order chi connectivity index (χ0) is 12.8. The molecule has 104 valence electrons. The van der Waals surface area contributed by atoms with E-state index in [-0.39, 0.29) is 18.6 Å². The van der Waals surface area contributed by atoms with Gasteiger partial charge in [-0.15, -0.1) is 0 Å². The number of ether oxygens (including phenoxy) is 1. The summed E-state index contributed by atoms with van der Waals surface area (Å²) in [6.45, 7) is 2.23. The third-order valence-corrected chi connectivity index (χ3v) is 5.01. The number of piperidine rings is 1. The van der Waals surface area contributed by atoms with E-state index in [1.54, 1.807) is 0 Å². The summed E-state index contributed by atoms with van der Waals surface area (Å²) < 4.78 is 5.67. The van der Waals surface area contributed by atoms with Crippen LogP contribution in [0.5, 0.6) is 0 Å². The van der Waals surface area contributed by atoms with Crippen molar-refractivity contribution in [1.29, 1.82) is 0 Å². The van der Waals surface area contributed by atoms with Crippen LogP contribution in [0.15, 0.2) is 0 Å². The van der Waals surface area contributed by atoms with Crippen LogP contribution in [-0.2, 0) is 9.53 Å². The second-order valence-electron chi connectivity index (χ2n) is 5.14. The minimum atomic E-state index is 0.0551. The maximum absolute atomic E-state index is 11.8. The molecule has 1 aliphatic heterocycles. The zero-order valence-electron chi connectivity index (χ0n) is 11.1. The molecule has 2 unspecified atom stereocenters. The molecule has 0 aromatic heterocycles. The van der Waals surface area contributed by atoms with Gasteiger partial charge in [-0.05, 0) is 45.0 Å². The summed E-state index contributed by atoms with van der Waals surface area (Å²) >= 11 is 1.86. The number of hydrogen-bond acceptors (Lipinski definition) is 4. The van der Waals surface area contributed by atoms with Crippen LogP contribution >= 0.6 is 11.8 Å². The third kappa shape index (κ3) is 4.14. The molecule has 0 spiro atoms. The summed E-state index contributed by atoms with van der Waals surface area (Å²) in [5.41, 5.74) is 0. The van der Waals surface area contributed by atoms with E-state index in [0.29, 0.717) is 11.3 Å². The molecule has 2 atom stereocenters. The Kier molecular flexibility index (Phi) is 5.79. The highest BCUT2D eigenvalue weighted by Gasteiger charge is 2.27. The van der Waals surface area contributed by atoms with Crippen molar-refractivity contribution in [3.05, 3.63) is 0 Å². The topological polar surface area (TPSA) is 50.4 Å². The van der Waals surface area contributed by atoms with Gasteiger partial charge in [0.15, 0.2) is 0 Å². The van der Waals surface area contributed by atoms with Crippen LogP contribution in [-0.4, -0.2) is 49.3 Å². The average molecular weight is 272 g/mol. The van der Waals surface area contributed by atoms with E-state index >= 15 is 0 Å². The maximum atomic E-state index is 11.8. The molecule has 0 bridgehead atoms. The van der Waals surface area contributed by atoms with Crippen molar-refractivity contribution in [2.24, 2.45) is 0 Å². The summed E-state index contributed by atoms with van der Waals surface area (Å²) in [6, 6.07) is 0.351. The summed E-state index contributed by atoms with van der Waals surface area (Å²) in [6.07, 6.45) is 7.99. The van der Waals surface area contributed by atoms with E-state index in [1.165, 1.54) is 12.8 Å². The first kappa shape index (κ1) is 14.2. The van der Waals surface area contributed by atoms with Gasteiger partial charge in [-0.25, -0.2) is 0 Å². The molecule has 2 aliphatic rings. The largest absolute Gasteiger partial charge is 0.368 e. The van der Waals surface area contributed by atoms with Crippen LogP contribution in [0.25, 0.3) is 0 Å². The molecule has 0 radical (unpaired) electrons. The van der Waals surface area contributed by atoms with Gasteiger partial charge in [-0.1, -0.05) is 6.42 Å². The highest BCUT2D eigenvalue weighted by atomic mass is 32.2. The first-order valence-corrected chi connectivity index (χ1v) is 8.23. The second kappa shape index (κ2) is 7.36. The zero-order valence-corrected chi connectivity index (χ0v) is 11.9. The molecule has 1 heterocycles. The molecular weight excluding hydrogens is 248 g/mol. The van der Waals surface area contributed by atoms with Crippen LogP contribution in [0.1, 0.15) is 32.1 Å². The lowest BCUT2D eigenvalue weighted by Gasteiger charge is -2.24. The van der Waals surface area contributed by atoms with Gasteiger partial charge in [0.1, 0.15) is 6.61 Å². The quantitative estimate of drug-likeness (QED) is 0.788. The highest BCUT2D eigenvalue weighted by Crippen LogP contribution is 2.28. The number of hydrogen-bond donors (Lipinski definition) is 2. The van der Waals surface area contributed by atoms with E-state index in [0.717, 1.165) is 32.4 Å². The Hall–Kier alpha value is -0.260. The Morgan fingerprint density at radius 2 is 2.11 bits per heavy atom. The monoisotopic (exact) mass is 272 g/mol. The van der Waals surface area contributed by atoms with Gasteiger partial charge in [0.25, 0.3) is 0 Å². The van der Waals surface area contributed by atoms with E-state index in [4.69, 9.17) is 4.74 Å². The summed E-state index contributed by atoms with van der Waals surface area (Å²) in [7, 11) is 0. The first-order valence-electron chi connectivity index (χ1n) is 6.94. The normalized spacial score (nSPS) is 29.4. The van der Waals surface area contributed by atoms with E-state index in [9.17, 15) is 4.79 Å². The lowest BCUT2D eigenvalue weighted by atomic mass is 10.1. The van der Waals surface area contributed by atoms with E-state index in [2.05, 4.69) is 16.9 Å². The van der Waals surface area contributed by atoms with Gasteiger partial charge >= 0.3 is 0 Å². The Balaban J connectivity index is 1.65. The number of nitrogens with one attached hydrogen (secondary N) is 2. The minimum Gasteiger partial charge on any atom is -0.368 e. The van der Waals surface area contributed by atoms with Gasteiger partial charge in [-0.3, -0.25) is 4.79 Å². The molecule has 4 nitrogen and oxygen atoms in total. The fourth-order valence-corrected chi connectivity index (χ4v) is 3.71. The molecular formula is C13H24N2O2S. The molecule has 0 aromatic rings. The second-order valence-corrected chi connectivity index (χ2v) is 6.22. The predicted octanol–water partition coefficient (Wildman–Crippen LogP) is 1.16. The minimum absolute atomic E-state index is 0.0551. The van der Waals surface area contributed by atoms with E-state index < -0.39 is 0 Å².